The van der Waals surface area contributed by atoms with Gasteiger partial charge in [-0.05, 0) is 32.0 Å². The van der Waals surface area contributed by atoms with E-state index in [1.165, 1.54) is 11.1 Å². The molecule has 1 aromatic rings. The summed E-state index contributed by atoms with van der Waals surface area (Å²) in [6.07, 6.45) is 1.64. The maximum atomic E-state index is 9.74. The summed E-state index contributed by atoms with van der Waals surface area (Å²) in [5.41, 5.74) is 2.78. The number of rotatable bonds is 5. The molecule has 3 heteroatoms. The normalized spacial score (nSPS) is 21.6. The van der Waals surface area contributed by atoms with Crippen LogP contribution in [0.5, 0.6) is 0 Å². The topological polar surface area (TPSA) is 36.3 Å². The number of fused-ring (bicyclic) bond motifs is 1. The summed E-state index contributed by atoms with van der Waals surface area (Å²) in [5, 5.41) is 9.74. The van der Waals surface area contributed by atoms with Gasteiger partial charge in [-0.15, -0.1) is 0 Å². The number of benzene rings is 1. The molecule has 0 aliphatic carbocycles. The molecule has 0 aromatic heterocycles. The average Bonchev–Trinajstić information content (AvgIpc) is 2.48. The summed E-state index contributed by atoms with van der Waals surface area (Å²) >= 11 is 0. The molecule has 108 valence electrons. The van der Waals surface area contributed by atoms with Crippen LogP contribution in [0.2, 0.25) is 0 Å². The van der Waals surface area contributed by atoms with E-state index >= 15 is 0 Å². The SMILES string of the molecule is CCN(CC)CCC1(C#N)OCCc2ccc(C)cc21. The third-order valence-corrected chi connectivity index (χ3v) is 4.28. The van der Waals surface area contributed by atoms with Crippen molar-refractivity contribution in [1.29, 1.82) is 5.26 Å². The van der Waals surface area contributed by atoms with Crippen molar-refractivity contribution in [3.8, 4) is 6.07 Å². The van der Waals surface area contributed by atoms with Crippen molar-refractivity contribution in [2.45, 2.75) is 39.2 Å². The maximum Gasteiger partial charge on any atom is 0.181 e. The summed E-state index contributed by atoms with van der Waals surface area (Å²) in [6, 6.07) is 8.85. The van der Waals surface area contributed by atoms with E-state index in [-0.39, 0.29) is 0 Å². The zero-order chi connectivity index (χ0) is 14.6. The Morgan fingerprint density at radius 2 is 2.10 bits per heavy atom. The number of ether oxygens (including phenoxy) is 1. The second-order valence-corrected chi connectivity index (χ2v) is 5.47. The summed E-state index contributed by atoms with van der Waals surface area (Å²) in [7, 11) is 0. The third-order valence-electron chi connectivity index (χ3n) is 4.28. The van der Waals surface area contributed by atoms with Crippen molar-refractivity contribution in [1.82, 2.24) is 4.90 Å². The molecule has 0 N–H and O–H groups in total. The van der Waals surface area contributed by atoms with Gasteiger partial charge in [0.05, 0.1) is 6.61 Å². The Labute approximate surface area is 122 Å². The molecule has 0 amide bonds. The van der Waals surface area contributed by atoms with Crippen molar-refractivity contribution < 1.29 is 4.74 Å². The van der Waals surface area contributed by atoms with Gasteiger partial charge in [0, 0.05) is 18.5 Å². The van der Waals surface area contributed by atoms with Gasteiger partial charge in [0.2, 0.25) is 0 Å². The highest BCUT2D eigenvalue weighted by Gasteiger charge is 2.38. The zero-order valence-corrected chi connectivity index (χ0v) is 12.8. The molecule has 1 aromatic carbocycles. The van der Waals surface area contributed by atoms with Gasteiger partial charge in [0.1, 0.15) is 6.07 Å². The predicted molar refractivity (Wildman–Crippen MR) is 80.5 cm³/mol. The number of hydrogen-bond donors (Lipinski definition) is 0. The molecule has 1 aliphatic rings. The van der Waals surface area contributed by atoms with Gasteiger partial charge < -0.3 is 9.64 Å². The van der Waals surface area contributed by atoms with Crippen molar-refractivity contribution in [3.05, 3.63) is 34.9 Å². The third kappa shape index (κ3) is 2.87. The van der Waals surface area contributed by atoms with Crippen LogP contribution in [0.4, 0.5) is 0 Å². The summed E-state index contributed by atoms with van der Waals surface area (Å²) in [4.78, 5) is 2.34. The largest absolute Gasteiger partial charge is 0.355 e. The lowest BCUT2D eigenvalue weighted by atomic mass is 9.84. The standard InChI is InChI=1S/C17H24N2O/c1-4-19(5-2)10-9-17(13-18)16-12-14(3)6-7-15(16)8-11-20-17/h6-7,12H,4-5,8-11H2,1-3H3. The van der Waals surface area contributed by atoms with Crippen LogP contribution in [0, 0.1) is 18.3 Å². The quantitative estimate of drug-likeness (QED) is 0.826. The smallest absolute Gasteiger partial charge is 0.181 e. The van der Waals surface area contributed by atoms with Gasteiger partial charge in [-0.2, -0.15) is 5.26 Å². The number of hydrogen-bond acceptors (Lipinski definition) is 3. The van der Waals surface area contributed by atoms with Crippen LogP contribution in [0.15, 0.2) is 18.2 Å². The highest BCUT2D eigenvalue weighted by Crippen LogP contribution is 2.36. The Bertz CT molecular complexity index is 502. The lowest BCUT2D eigenvalue weighted by molar-refractivity contribution is -0.0276. The van der Waals surface area contributed by atoms with Crippen molar-refractivity contribution in [2.75, 3.05) is 26.2 Å². The Morgan fingerprint density at radius 3 is 2.75 bits per heavy atom. The lowest BCUT2D eigenvalue weighted by Gasteiger charge is -2.35. The first-order chi connectivity index (χ1) is 9.65. The molecular weight excluding hydrogens is 248 g/mol. The van der Waals surface area contributed by atoms with E-state index in [0.717, 1.165) is 38.0 Å². The average molecular weight is 272 g/mol. The van der Waals surface area contributed by atoms with Gasteiger partial charge in [-0.1, -0.05) is 37.6 Å². The van der Waals surface area contributed by atoms with Crippen LogP contribution in [0.1, 0.15) is 37.0 Å². The molecule has 1 heterocycles. The molecule has 1 atom stereocenters. The molecular formula is C17H24N2O. The summed E-state index contributed by atoms with van der Waals surface area (Å²) < 4.78 is 5.95. The molecule has 0 bridgehead atoms. The van der Waals surface area contributed by atoms with Gasteiger partial charge in [0.25, 0.3) is 0 Å². The zero-order valence-electron chi connectivity index (χ0n) is 12.8. The first-order valence-corrected chi connectivity index (χ1v) is 7.52. The van der Waals surface area contributed by atoms with Crippen LogP contribution < -0.4 is 0 Å². The maximum absolute atomic E-state index is 9.74. The summed E-state index contributed by atoms with van der Waals surface area (Å²) in [6.45, 7) is 9.94. The monoisotopic (exact) mass is 272 g/mol. The van der Waals surface area contributed by atoms with E-state index in [2.05, 4.69) is 49.9 Å². The van der Waals surface area contributed by atoms with Crippen LogP contribution in [0.3, 0.4) is 0 Å². The van der Waals surface area contributed by atoms with Gasteiger partial charge >= 0.3 is 0 Å². The fourth-order valence-electron chi connectivity index (χ4n) is 2.91. The molecule has 20 heavy (non-hydrogen) atoms. The van der Waals surface area contributed by atoms with Gasteiger partial charge in [-0.3, -0.25) is 0 Å². The van der Waals surface area contributed by atoms with Crippen molar-refractivity contribution in [2.24, 2.45) is 0 Å². The Morgan fingerprint density at radius 1 is 1.35 bits per heavy atom. The van der Waals surface area contributed by atoms with E-state index in [0.29, 0.717) is 6.61 Å². The predicted octanol–water partition coefficient (Wildman–Crippen LogP) is 3.02. The minimum Gasteiger partial charge on any atom is -0.355 e. The minimum atomic E-state index is -0.762. The molecule has 3 nitrogen and oxygen atoms in total. The molecule has 0 saturated heterocycles. The molecule has 0 saturated carbocycles. The van der Waals surface area contributed by atoms with E-state index in [1.54, 1.807) is 0 Å². The molecule has 1 unspecified atom stereocenters. The highest BCUT2D eigenvalue weighted by molar-refractivity contribution is 5.41. The van der Waals surface area contributed by atoms with E-state index in [1.807, 2.05) is 0 Å². The second-order valence-electron chi connectivity index (χ2n) is 5.47. The molecule has 0 radical (unpaired) electrons. The fourth-order valence-corrected chi connectivity index (χ4v) is 2.91. The second kappa shape index (κ2) is 6.39. The number of nitrogens with zero attached hydrogens (tertiary/aromatic N) is 2. The van der Waals surface area contributed by atoms with E-state index in [4.69, 9.17) is 4.74 Å². The fraction of sp³-hybridized carbons (Fsp3) is 0.588. The molecule has 0 fully saturated rings. The molecule has 1 aliphatic heterocycles. The number of aryl methyl sites for hydroxylation is 1. The van der Waals surface area contributed by atoms with Crippen LogP contribution in [-0.2, 0) is 16.8 Å². The number of nitriles is 1. The van der Waals surface area contributed by atoms with Crippen molar-refractivity contribution in [3.63, 3.8) is 0 Å². The Hall–Kier alpha value is -1.37. The van der Waals surface area contributed by atoms with Crippen LogP contribution >= 0.6 is 0 Å². The first kappa shape index (κ1) is 15.0. The Balaban J connectivity index is 2.28. The highest BCUT2D eigenvalue weighted by atomic mass is 16.5. The Kier molecular flexibility index (Phi) is 4.80. The molecule has 2 rings (SSSR count). The van der Waals surface area contributed by atoms with Crippen molar-refractivity contribution >= 4 is 0 Å². The van der Waals surface area contributed by atoms with Gasteiger partial charge in [-0.25, -0.2) is 0 Å². The van der Waals surface area contributed by atoms with Crippen LogP contribution in [0.25, 0.3) is 0 Å². The van der Waals surface area contributed by atoms with Crippen LogP contribution in [-0.4, -0.2) is 31.1 Å². The minimum absolute atomic E-state index is 0.641. The lowest BCUT2D eigenvalue weighted by Crippen LogP contribution is -2.38. The van der Waals surface area contributed by atoms with E-state index in [9.17, 15) is 5.26 Å². The first-order valence-electron chi connectivity index (χ1n) is 7.52. The summed E-state index contributed by atoms with van der Waals surface area (Å²) in [5.74, 6) is 0. The molecule has 0 spiro atoms. The van der Waals surface area contributed by atoms with E-state index < -0.39 is 5.60 Å². The van der Waals surface area contributed by atoms with Gasteiger partial charge in [0.15, 0.2) is 5.60 Å².